The Balaban J connectivity index is 2.67. The van der Waals surface area contributed by atoms with Gasteiger partial charge in [-0.3, -0.25) is 0 Å². The summed E-state index contributed by atoms with van der Waals surface area (Å²) < 4.78 is 26.0. The lowest BCUT2D eigenvalue weighted by atomic mass is 9.86. The Hall–Kier alpha value is -1.81. The molecule has 25 heavy (non-hydrogen) atoms. The molecule has 0 saturated heterocycles. The highest BCUT2D eigenvalue weighted by atomic mass is 19.1. The van der Waals surface area contributed by atoms with E-state index in [1.807, 2.05) is 32.9 Å². The van der Waals surface area contributed by atoms with Crippen LogP contribution in [0.1, 0.15) is 59.1 Å². The van der Waals surface area contributed by atoms with Gasteiger partial charge < -0.3 is 14.6 Å². The number of hydrogen-bond donors (Lipinski definition) is 1. The van der Waals surface area contributed by atoms with Crippen LogP contribution in [0.25, 0.3) is 11.1 Å². The second kappa shape index (κ2) is 7.61. The van der Waals surface area contributed by atoms with Crippen molar-refractivity contribution in [3.63, 3.8) is 0 Å². The molecule has 1 aliphatic heterocycles. The SMILES string of the molecule is CCCOc1cc2c(cc1/C(C)=C(/F)CO)C(C(C)C)=CC(C)(C)O2. The lowest BCUT2D eigenvalue weighted by molar-refractivity contribution is 0.156. The summed E-state index contributed by atoms with van der Waals surface area (Å²) in [5.41, 5.74) is 2.78. The maximum absolute atomic E-state index is 14.1. The van der Waals surface area contributed by atoms with Gasteiger partial charge in [-0.2, -0.15) is 0 Å². The molecule has 1 N–H and O–H groups in total. The number of hydrogen-bond acceptors (Lipinski definition) is 3. The van der Waals surface area contributed by atoms with Crippen molar-refractivity contribution in [3.8, 4) is 11.5 Å². The van der Waals surface area contributed by atoms with Gasteiger partial charge in [0.25, 0.3) is 0 Å². The molecule has 0 fully saturated rings. The van der Waals surface area contributed by atoms with Crippen molar-refractivity contribution in [2.75, 3.05) is 13.2 Å². The van der Waals surface area contributed by atoms with Crippen LogP contribution < -0.4 is 9.47 Å². The van der Waals surface area contributed by atoms with Crippen LogP contribution in [0.4, 0.5) is 4.39 Å². The third-order valence-corrected chi connectivity index (χ3v) is 4.30. The monoisotopic (exact) mass is 348 g/mol. The Morgan fingerprint density at radius 3 is 2.56 bits per heavy atom. The van der Waals surface area contributed by atoms with Crippen molar-refractivity contribution < 1.29 is 19.0 Å². The minimum atomic E-state index is -0.619. The number of ether oxygens (including phenoxy) is 2. The fourth-order valence-electron chi connectivity index (χ4n) is 3.00. The summed E-state index contributed by atoms with van der Waals surface area (Å²) in [4.78, 5) is 0. The number of allylic oxidation sites excluding steroid dienone is 2. The highest BCUT2D eigenvalue weighted by Crippen LogP contribution is 2.44. The summed E-state index contributed by atoms with van der Waals surface area (Å²) >= 11 is 0. The largest absolute Gasteiger partial charge is 0.493 e. The topological polar surface area (TPSA) is 38.7 Å². The first-order valence-electron chi connectivity index (χ1n) is 8.89. The molecule has 0 aliphatic carbocycles. The minimum absolute atomic E-state index is 0.309. The molecule has 0 spiro atoms. The quantitative estimate of drug-likeness (QED) is 0.750. The van der Waals surface area contributed by atoms with Gasteiger partial charge in [0, 0.05) is 17.2 Å². The van der Waals surface area contributed by atoms with Crippen LogP contribution in [-0.2, 0) is 0 Å². The summed E-state index contributed by atoms with van der Waals surface area (Å²) in [7, 11) is 0. The van der Waals surface area contributed by atoms with Crippen molar-refractivity contribution in [2.24, 2.45) is 5.92 Å². The summed E-state index contributed by atoms with van der Waals surface area (Å²) in [5.74, 6) is 1.10. The van der Waals surface area contributed by atoms with Gasteiger partial charge in [-0.1, -0.05) is 20.8 Å². The fraction of sp³-hybridized carbons (Fsp3) is 0.524. The number of benzene rings is 1. The van der Waals surface area contributed by atoms with Gasteiger partial charge in [0.15, 0.2) is 0 Å². The Kier molecular flexibility index (Phi) is 5.94. The molecule has 0 atom stereocenters. The average Bonchev–Trinajstić information content (AvgIpc) is 2.56. The molecule has 0 amide bonds. The molecule has 0 aromatic heterocycles. The van der Waals surface area contributed by atoms with E-state index < -0.39 is 18.0 Å². The molecule has 0 saturated carbocycles. The van der Waals surface area contributed by atoms with E-state index in [1.54, 1.807) is 6.92 Å². The maximum atomic E-state index is 14.1. The summed E-state index contributed by atoms with van der Waals surface area (Å²) in [6, 6.07) is 3.78. The van der Waals surface area contributed by atoms with Crippen LogP contribution in [-0.4, -0.2) is 23.9 Å². The number of fused-ring (bicyclic) bond motifs is 1. The van der Waals surface area contributed by atoms with Crippen molar-refractivity contribution in [1.29, 1.82) is 0 Å². The van der Waals surface area contributed by atoms with Crippen molar-refractivity contribution in [2.45, 2.75) is 53.6 Å². The minimum Gasteiger partial charge on any atom is -0.493 e. The predicted molar refractivity (Wildman–Crippen MR) is 101 cm³/mol. The van der Waals surface area contributed by atoms with E-state index >= 15 is 0 Å². The highest BCUT2D eigenvalue weighted by Gasteiger charge is 2.29. The van der Waals surface area contributed by atoms with Crippen LogP contribution in [0.5, 0.6) is 11.5 Å². The molecule has 138 valence electrons. The third-order valence-electron chi connectivity index (χ3n) is 4.30. The van der Waals surface area contributed by atoms with E-state index in [4.69, 9.17) is 9.47 Å². The standard InChI is InChI=1S/C21H29FO3/c1-7-8-24-19-10-20-16(9-15(19)14(4)18(22)12-23)17(13(2)3)11-21(5,6)25-20/h9-11,13,23H,7-8,12H2,1-6H3/b18-14+. The molecule has 1 aromatic carbocycles. The van der Waals surface area contributed by atoms with E-state index in [0.29, 0.717) is 29.4 Å². The van der Waals surface area contributed by atoms with Crippen molar-refractivity contribution in [3.05, 3.63) is 35.2 Å². The lowest BCUT2D eigenvalue weighted by Crippen LogP contribution is -2.30. The molecular weight excluding hydrogens is 319 g/mol. The Morgan fingerprint density at radius 2 is 2.00 bits per heavy atom. The average molecular weight is 348 g/mol. The van der Waals surface area contributed by atoms with E-state index in [-0.39, 0.29) is 0 Å². The maximum Gasteiger partial charge on any atom is 0.131 e. The van der Waals surface area contributed by atoms with Crippen LogP contribution in [0.15, 0.2) is 24.0 Å². The van der Waals surface area contributed by atoms with Gasteiger partial charge in [-0.15, -0.1) is 0 Å². The number of rotatable bonds is 6. The van der Waals surface area contributed by atoms with Crippen molar-refractivity contribution in [1.82, 2.24) is 0 Å². The second-order valence-electron chi connectivity index (χ2n) is 7.34. The van der Waals surface area contributed by atoms with Gasteiger partial charge in [-0.25, -0.2) is 4.39 Å². The lowest BCUT2D eigenvalue weighted by Gasteiger charge is -2.33. The Morgan fingerprint density at radius 1 is 1.32 bits per heavy atom. The van der Waals surface area contributed by atoms with Crippen LogP contribution in [0.3, 0.4) is 0 Å². The number of aliphatic hydroxyl groups excluding tert-OH is 1. The summed E-state index contributed by atoms with van der Waals surface area (Å²) in [5, 5.41) is 9.17. The predicted octanol–water partition coefficient (Wildman–Crippen LogP) is 5.38. The molecule has 0 radical (unpaired) electrons. The van der Waals surface area contributed by atoms with E-state index in [2.05, 4.69) is 19.9 Å². The second-order valence-corrected chi connectivity index (χ2v) is 7.34. The van der Waals surface area contributed by atoms with Gasteiger partial charge in [-0.05, 0) is 56.4 Å². The van der Waals surface area contributed by atoms with E-state index in [9.17, 15) is 9.50 Å². The molecule has 2 rings (SSSR count). The third kappa shape index (κ3) is 4.24. The molecule has 1 aliphatic rings. The zero-order valence-corrected chi connectivity index (χ0v) is 16.1. The van der Waals surface area contributed by atoms with Crippen LogP contribution in [0, 0.1) is 5.92 Å². The Bertz CT molecular complexity index is 699. The van der Waals surface area contributed by atoms with E-state index in [1.165, 1.54) is 5.57 Å². The van der Waals surface area contributed by atoms with Gasteiger partial charge >= 0.3 is 0 Å². The molecule has 3 nitrogen and oxygen atoms in total. The zero-order chi connectivity index (χ0) is 18.8. The Labute approximate surface area is 150 Å². The summed E-state index contributed by atoms with van der Waals surface area (Å²) in [6.45, 7) is 11.9. The fourth-order valence-corrected chi connectivity index (χ4v) is 3.00. The highest BCUT2D eigenvalue weighted by molar-refractivity contribution is 5.81. The first-order chi connectivity index (χ1) is 11.7. The molecule has 0 bridgehead atoms. The van der Waals surface area contributed by atoms with Crippen LogP contribution in [0.2, 0.25) is 0 Å². The summed E-state index contributed by atoms with van der Waals surface area (Å²) in [6.07, 6.45) is 2.98. The number of halogens is 1. The van der Waals surface area contributed by atoms with Gasteiger partial charge in [0.2, 0.25) is 0 Å². The molecular formula is C21H29FO3. The first kappa shape index (κ1) is 19.5. The zero-order valence-electron chi connectivity index (χ0n) is 16.1. The molecule has 4 heteroatoms. The smallest absolute Gasteiger partial charge is 0.131 e. The first-order valence-corrected chi connectivity index (χ1v) is 8.89. The normalized spacial score (nSPS) is 16.8. The number of aliphatic hydroxyl groups is 1. The van der Waals surface area contributed by atoms with Gasteiger partial charge in [0.05, 0.1) is 13.2 Å². The van der Waals surface area contributed by atoms with Crippen LogP contribution >= 0.6 is 0 Å². The molecule has 1 heterocycles. The molecule has 0 unspecified atom stereocenters. The van der Waals surface area contributed by atoms with Crippen molar-refractivity contribution >= 4 is 11.1 Å². The van der Waals surface area contributed by atoms with E-state index in [0.717, 1.165) is 17.7 Å². The van der Waals surface area contributed by atoms with Gasteiger partial charge in [0.1, 0.15) is 22.9 Å². The molecule has 1 aromatic rings.